The molecule has 1 aliphatic heterocycles. The molecule has 1 aliphatic carbocycles. The Balaban J connectivity index is 1.37. The predicted octanol–water partition coefficient (Wildman–Crippen LogP) is 5.90. The molecule has 0 saturated heterocycles. The molecule has 0 spiro atoms. The van der Waals surface area contributed by atoms with Gasteiger partial charge < -0.3 is 19.9 Å². The topological polar surface area (TPSA) is 61.9 Å². The van der Waals surface area contributed by atoms with E-state index in [4.69, 9.17) is 4.74 Å². The summed E-state index contributed by atoms with van der Waals surface area (Å²) in [5, 5.41) is 3.37. The molecule has 2 unspecified atom stereocenters. The summed E-state index contributed by atoms with van der Waals surface area (Å²) >= 11 is 0. The van der Waals surface area contributed by atoms with E-state index in [1.54, 1.807) is 11.0 Å². The molecule has 1 heterocycles. The number of nitrogens with zero attached hydrogens (tertiary/aromatic N) is 2. The molecular weight excluding hydrogens is 510 g/mol. The molecule has 1 N–H and O–H groups in total. The normalized spacial score (nSPS) is 18.1. The van der Waals surface area contributed by atoms with Gasteiger partial charge in [-0.2, -0.15) is 0 Å². The highest BCUT2D eigenvalue weighted by molar-refractivity contribution is 5.98. The fourth-order valence-corrected chi connectivity index (χ4v) is 6.02. The molecule has 6 heteroatoms. The highest BCUT2D eigenvalue weighted by atomic mass is 16.5. The molecule has 2 aliphatic rings. The van der Waals surface area contributed by atoms with Crippen LogP contribution in [0.2, 0.25) is 0 Å². The van der Waals surface area contributed by atoms with Crippen LogP contribution in [0.5, 0.6) is 5.75 Å². The summed E-state index contributed by atoms with van der Waals surface area (Å²) in [5.41, 5.74) is 6.58. The van der Waals surface area contributed by atoms with E-state index < -0.39 is 6.04 Å². The van der Waals surface area contributed by atoms with Crippen LogP contribution in [0, 0.1) is 0 Å². The minimum absolute atomic E-state index is 0.0436. The standard InChI is InChI=1S/C35H43N3O3/c1-24(2)26-17-16-25-12-8-15-32(31(25)21-26)36-34(39)33-22-27-10-5-6-11-29(27)23-38(33)35(40)28-13-7-14-30(20-28)41-19-9-18-37(3)4/h5-7,10-11,13-14,16-17,20-21,24,32-33H,8-9,12,15,18-19,22-23H2,1-4H3,(H,36,39). The van der Waals surface area contributed by atoms with E-state index in [9.17, 15) is 9.59 Å². The third-order valence-corrected chi connectivity index (χ3v) is 8.38. The third kappa shape index (κ3) is 6.82. The number of carbonyl (C=O) groups excluding carboxylic acids is 2. The monoisotopic (exact) mass is 553 g/mol. The molecule has 3 aromatic carbocycles. The molecule has 2 atom stereocenters. The largest absolute Gasteiger partial charge is 0.494 e. The number of benzene rings is 3. The lowest BCUT2D eigenvalue weighted by Crippen LogP contribution is -2.53. The van der Waals surface area contributed by atoms with Crippen LogP contribution in [0.3, 0.4) is 0 Å². The molecule has 3 aromatic rings. The Bertz CT molecular complexity index is 1380. The van der Waals surface area contributed by atoms with Crippen LogP contribution in [0.25, 0.3) is 0 Å². The summed E-state index contributed by atoms with van der Waals surface area (Å²) in [5.74, 6) is 0.864. The Hall–Kier alpha value is -3.64. The summed E-state index contributed by atoms with van der Waals surface area (Å²) in [4.78, 5) is 31.9. The maximum Gasteiger partial charge on any atom is 0.254 e. The number of nitrogens with one attached hydrogen (secondary N) is 1. The van der Waals surface area contributed by atoms with E-state index in [1.807, 2.05) is 44.4 Å². The van der Waals surface area contributed by atoms with Gasteiger partial charge in [0.1, 0.15) is 11.8 Å². The number of fused-ring (bicyclic) bond motifs is 2. The smallest absolute Gasteiger partial charge is 0.254 e. The van der Waals surface area contributed by atoms with Crippen molar-refractivity contribution in [2.45, 2.75) is 70.5 Å². The minimum atomic E-state index is -0.583. The fraction of sp³-hybridized carbons (Fsp3) is 0.429. The Kier molecular flexibility index (Phi) is 9.09. The zero-order chi connectivity index (χ0) is 28.9. The van der Waals surface area contributed by atoms with Crippen molar-refractivity contribution in [1.82, 2.24) is 15.1 Å². The Morgan fingerprint density at radius 1 is 1.00 bits per heavy atom. The highest BCUT2D eigenvalue weighted by Crippen LogP contribution is 2.33. The molecule has 216 valence electrons. The molecule has 0 radical (unpaired) electrons. The number of amides is 2. The van der Waals surface area contributed by atoms with Gasteiger partial charge in [0.05, 0.1) is 12.6 Å². The Morgan fingerprint density at radius 3 is 2.59 bits per heavy atom. The lowest BCUT2D eigenvalue weighted by Gasteiger charge is -2.37. The SMILES string of the molecule is CC(C)c1ccc2c(c1)C(NC(=O)C1Cc3ccccc3CN1C(=O)c1cccc(OCCCN(C)C)c1)CCC2. The highest BCUT2D eigenvalue weighted by Gasteiger charge is 2.36. The van der Waals surface area contributed by atoms with Crippen LogP contribution in [-0.4, -0.2) is 54.9 Å². The molecule has 5 rings (SSSR count). The van der Waals surface area contributed by atoms with Gasteiger partial charge in [-0.25, -0.2) is 0 Å². The van der Waals surface area contributed by atoms with Gasteiger partial charge in [-0.05, 0) is 91.7 Å². The summed E-state index contributed by atoms with van der Waals surface area (Å²) < 4.78 is 5.95. The van der Waals surface area contributed by atoms with Crippen LogP contribution in [0.1, 0.15) is 83.2 Å². The van der Waals surface area contributed by atoms with Gasteiger partial charge in [0.25, 0.3) is 5.91 Å². The zero-order valence-corrected chi connectivity index (χ0v) is 24.9. The van der Waals surface area contributed by atoms with Crippen LogP contribution in [-0.2, 0) is 24.2 Å². The number of hydrogen-bond donors (Lipinski definition) is 1. The number of aryl methyl sites for hydroxylation is 1. The van der Waals surface area contributed by atoms with E-state index in [2.05, 4.69) is 54.4 Å². The molecule has 0 saturated carbocycles. The summed E-state index contributed by atoms with van der Waals surface area (Å²) in [6.07, 6.45) is 4.38. The van der Waals surface area contributed by atoms with Gasteiger partial charge in [0.2, 0.25) is 5.91 Å². The van der Waals surface area contributed by atoms with Crippen molar-refractivity contribution < 1.29 is 14.3 Å². The van der Waals surface area contributed by atoms with Crippen LogP contribution in [0.15, 0.2) is 66.7 Å². The van der Waals surface area contributed by atoms with E-state index >= 15 is 0 Å². The van der Waals surface area contributed by atoms with Gasteiger partial charge >= 0.3 is 0 Å². The number of ether oxygens (including phenoxy) is 1. The van der Waals surface area contributed by atoms with Crippen molar-refractivity contribution in [3.63, 3.8) is 0 Å². The summed E-state index contributed by atoms with van der Waals surface area (Å²) in [6, 6.07) is 21.6. The Morgan fingerprint density at radius 2 is 1.80 bits per heavy atom. The molecule has 0 bridgehead atoms. The maximum atomic E-state index is 14.0. The lowest BCUT2D eigenvalue weighted by atomic mass is 9.84. The van der Waals surface area contributed by atoms with Gasteiger partial charge in [-0.1, -0.05) is 62.4 Å². The van der Waals surface area contributed by atoms with Crippen LogP contribution < -0.4 is 10.1 Å². The third-order valence-electron chi connectivity index (χ3n) is 8.38. The van der Waals surface area contributed by atoms with Crippen molar-refractivity contribution in [1.29, 1.82) is 0 Å². The molecule has 0 fully saturated rings. The van der Waals surface area contributed by atoms with Crippen molar-refractivity contribution in [3.05, 3.63) is 100 Å². The van der Waals surface area contributed by atoms with E-state index in [0.29, 0.717) is 36.8 Å². The van der Waals surface area contributed by atoms with E-state index in [0.717, 1.165) is 43.4 Å². The quantitative estimate of drug-likeness (QED) is 0.335. The van der Waals surface area contributed by atoms with Gasteiger partial charge in [-0.3, -0.25) is 9.59 Å². The Labute approximate surface area is 244 Å². The first-order chi connectivity index (χ1) is 19.8. The average Bonchev–Trinajstić information content (AvgIpc) is 2.98. The maximum absolute atomic E-state index is 14.0. The second kappa shape index (κ2) is 12.9. The van der Waals surface area contributed by atoms with Gasteiger partial charge in [0, 0.05) is 25.1 Å². The van der Waals surface area contributed by atoms with Crippen LogP contribution >= 0.6 is 0 Å². The second-order valence-electron chi connectivity index (χ2n) is 12.0. The zero-order valence-electron chi connectivity index (χ0n) is 24.9. The molecule has 6 nitrogen and oxygen atoms in total. The van der Waals surface area contributed by atoms with Crippen molar-refractivity contribution in [2.75, 3.05) is 27.2 Å². The predicted molar refractivity (Wildman–Crippen MR) is 163 cm³/mol. The van der Waals surface area contributed by atoms with Crippen molar-refractivity contribution in [3.8, 4) is 5.75 Å². The first-order valence-corrected chi connectivity index (χ1v) is 15.0. The molecular formula is C35H43N3O3. The van der Waals surface area contributed by atoms with E-state index in [-0.39, 0.29) is 17.9 Å². The number of hydrogen-bond acceptors (Lipinski definition) is 4. The molecule has 0 aromatic heterocycles. The second-order valence-corrected chi connectivity index (χ2v) is 12.0. The first kappa shape index (κ1) is 28.9. The minimum Gasteiger partial charge on any atom is -0.494 e. The molecule has 41 heavy (non-hydrogen) atoms. The first-order valence-electron chi connectivity index (χ1n) is 15.0. The summed E-state index contributed by atoms with van der Waals surface area (Å²) in [7, 11) is 4.08. The van der Waals surface area contributed by atoms with Gasteiger partial charge in [0.15, 0.2) is 0 Å². The van der Waals surface area contributed by atoms with E-state index in [1.165, 1.54) is 16.7 Å². The number of rotatable bonds is 9. The van der Waals surface area contributed by atoms with Crippen molar-refractivity contribution in [2.24, 2.45) is 0 Å². The van der Waals surface area contributed by atoms with Gasteiger partial charge in [-0.15, -0.1) is 0 Å². The average molecular weight is 554 g/mol. The van der Waals surface area contributed by atoms with Crippen molar-refractivity contribution >= 4 is 11.8 Å². The lowest BCUT2D eigenvalue weighted by molar-refractivity contribution is -0.127. The fourth-order valence-electron chi connectivity index (χ4n) is 6.02. The number of carbonyl (C=O) groups is 2. The van der Waals surface area contributed by atoms with Crippen LogP contribution in [0.4, 0.5) is 0 Å². The summed E-state index contributed by atoms with van der Waals surface area (Å²) in [6.45, 7) is 6.32. The molecule has 2 amide bonds.